The van der Waals surface area contributed by atoms with E-state index < -0.39 is 11.9 Å². The maximum absolute atomic E-state index is 12.6. The minimum Gasteiger partial charge on any atom is -0.493 e. The van der Waals surface area contributed by atoms with Crippen molar-refractivity contribution in [1.82, 2.24) is 10.2 Å². The van der Waals surface area contributed by atoms with Gasteiger partial charge in [0.15, 0.2) is 11.5 Å². The molecule has 3 rings (SSSR count). The van der Waals surface area contributed by atoms with Gasteiger partial charge in [-0.2, -0.15) is 0 Å². The van der Waals surface area contributed by atoms with E-state index in [9.17, 15) is 9.59 Å². The van der Waals surface area contributed by atoms with E-state index in [1.54, 1.807) is 42.5 Å². The number of methoxy groups -OCH3 is 2. The van der Waals surface area contributed by atoms with Crippen LogP contribution in [0, 0.1) is 0 Å². The van der Waals surface area contributed by atoms with Crippen molar-refractivity contribution in [2.75, 3.05) is 14.2 Å². The van der Waals surface area contributed by atoms with Gasteiger partial charge in [0.2, 0.25) is 0 Å². The summed E-state index contributed by atoms with van der Waals surface area (Å²) in [6.45, 7) is 0.162. The van der Waals surface area contributed by atoms with E-state index in [2.05, 4.69) is 21.2 Å². The number of hydrogen-bond donors (Lipinski definition) is 1. The summed E-state index contributed by atoms with van der Waals surface area (Å²) in [7, 11) is 3.06. The standard InChI is InChI=1S/C19H16BrClN2O4/c1-26-16-9-12(7-14(20)17(16)27-2)8-15-18(24)23(19(25)22-15)10-11-3-5-13(21)6-4-11/h3-9H,10H2,1-2H3,(H,22,25). The fourth-order valence-corrected chi connectivity index (χ4v) is 3.42. The Hall–Kier alpha value is -2.51. The zero-order valence-electron chi connectivity index (χ0n) is 14.6. The van der Waals surface area contributed by atoms with E-state index in [4.69, 9.17) is 21.1 Å². The zero-order valence-corrected chi connectivity index (χ0v) is 16.9. The van der Waals surface area contributed by atoms with Gasteiger partial charge in [0.25, 0.3) is 5.91 Å². The van der Waals surface area contributed by atoms with Crippen molar-refractivity contribution < 1.29 is 19.1 Å². The number of benzene rings is 2. The number of amides is 3. The number of urea groups is 1. The molecule has 2 aromatic rings. The van der Waals surface area contributed by atoms with Gasteiger partial charge in [-0.15, -0.1) is 0 Å². The van der Waals surface area contributed by atoms with Gasteiger partial charge in [0.05, 0.1) is 25.2 Å². The first kappa shape index (κ1) is 19.3. The van der Waals surface area contributed by atoms with E-state index in [0.29, 0.717) is 26.6 Å². The maximum Gasteiger partial charge on any atom is 0.329 e. The number of nitrogens with zero attached hydrogens (tertiary/aromatic N) is 1. The van der Waals surface area contributed by atoms with Crippen LogP contribution in [0.2, 0.25) is 5.02 Å². The first-order chi connectivity index (χ1) is 12.9. The molecular formula is C19H16BrClN2O4. The quantitative estimate of drug-likeness (QED) is 0.546. The van der Waals surface area contributed by atoms with E-state index in [1.165, 1.54) is 14.2 Å². The molecule has 3 amide bonds. The van der Waals surface area contributed by atoms with Crippen LogP contribution in [0.5, 0.6) is 11.5 Å². The summed E-state index contributed by atoms with van der Waals surface area (Å²) in [5, 5.41) is 3.20. The van der Waals surface area contributed by atoms with E-state index in [1.807, 2.05) is 0 Å². The van der Waals surface area contributed by atoms with Gasteiger partial charge in [-0.1, -0.05) is 23.7 Å². The SMILES string of the molecule is COc1cc(C=C2NC(=O)N(Cc3ccc(Cl)cc3)C2=O)cc(Br)c1OC. The van der Waals surface area contributed by atoms with Gasteiger partial charge in [-0.05, 0) is 57.4 Å². The average molecular weight is 452 g/mol. The topological polar surface area (TPSA) is 67.9 Å². The maximum atomic E-state index is 12.6. The van der Waals surface area contributed by atoms with E-state index in [-0.39, 0.29) is 12.2 Å². The molecule has 0 unspecified atom stereocenters. The molecule has 0 aliphatic carbocycles. The predicted molar refractivity (Wildman–Crippen MR) is 106 cm³/mol. The third-order valence-electron chi connectivity index (χ3n) is 3.98. The highest BCUT2D eigenvalue weighted by Crippen LogP contribution is 2.37. The smallest absolute Gasteiger partial charge is 0.329 e. The summed E-state index contributed by atoms with van der Waals surface area (Å²) >= 11 is 9.28. The van der Waals surface area contributed by atoms with Crippen LogP contribution in [0.4, 0.5) is 4.79 Å². The van der Waals surface area contributed by atoms with Crippen LogP contribution in [0.25, 0.3) is 6.08 Å². The lowest BCUT2D eigenvalue weighted by atomic mass is 10.1. The summed E-state index contributed by atoms with van der Waals surface area (Å²) in [6, 6.07) is 10.0. The van der Waals surface area contributed by atoms with Crippen LogP contribution in [0.3, 0.4) is 0 Å². The zero-order chi connectivity index (χ0) is 19.6. The predicted octanol–water partition coefficient (Wildman–Crippen LogP) is 4.21. The molecule has 0 radical (unpaired) electrons. The summed E-state index contributed by atoms with van der Waals surface area (Å²) in [5.41, 5.74) is 1.67. The average Bonchev–Trinajstić information content (AvgIpc) is 2.90. The largest absolute Gasteiger partial charge is 0.493 e. The molecule has 27 heavy (non-hydrogen) atoms. The summed E-state index contributed by atoms with van der Waals surface area (Å²) in [6.07, 6.45) is 1.59. The number of rotatable bonds is 5. The van der Waals surface area contributed by atoms with Crippen molar-refractivity contribution in [1.29, 1.82) is 0 Å². The second-order valence-electron chi connectivity index (χ2n) is 5.74. The molecule has 140 valence electrons. The second-order valence-corrected chi connectivity index (χ2v) is 7.03. The lowest BCUT2D eigenvalue weighted by Crippen LogP contribution is -2.30. The molecule has 0 spiro atoms. The summed E-state index contributed by atoms with van der Waals surface area (Å²) in [5.74, 6) is 0.653. The van der Waals surface area contributed by atoms with Gasteiger partial charge in [0.1, 0.15) is 5.70 Å². The van der Waals surface area contributed by atoms with Crippen molar-refractivity contribution in [3.63, 3.8) is 0 Å². The summed E-state index contributed by atoms with van der Waals surface area (Å²) < 4.78 is 11.2. The molecule has 0 saturated carbocycles. The normalized spacial score (nSPS) is 15.3. The molecule has 1 aliphatic rings. The number of carbonyl (C=O) groups is 2. The molecule has 1 fully saturated rings. The van der Waals surface area contributed by atoms with Gasteiger partial charge in [0, 0.05) is 5.02 Å². The minimum atomic E-state index is -0.472. The molecule has 1 N–H and O–H groups in total. The Morgan fingerprint density at radius 3 is 2.48 bits per heavy atom. The molecule has 0 atom stereocenters. The number of ether oxygens (including phenoxy) is 2. The molecular weight excluding hydrogens is 436 g/mol. The number of nitrogens with one attached hydrogen (secondary N) is 1. The van der Waals surface area contributed by atoms with Crippen molar-refractivity contribution in [2.24, 2.45) is 0 Å². The molecule has 1 saturated heterocycles. The molecule has 1 heterocycles. The van der Waals surface area contributed by atoms with Crippen molar-refractivity contribution in [3.8, 4) is 11.5 Å². The van der Waals surface area contributed by atoms with Crippen LogP contribution in [-0.4, -0.2) is 31.1 Å². The Kier molecular flexibility index (Phi) is 5.72. The number of carbonyl (C=O) groups excluding carboxylic acids is 2. The van der Waals surface area contributed by atoms with Crippen LogP contribution >= 0.6 is 27.5 Å². The third kappa shape index (κ3) is 4.09. The highest BCUT2D eigenvalue weighted by Gasteiger charge is 2.33. The van der Waals surface area contributed by atoms with Gasteiger partial charge in [-0.25, -0.2) is 4.79 Å². The summed E-state index contributed by atoms with van der Waals surface area (Å²) in [4.78, 5) is 26.0. The molecule has 0 aromatic heterocycles. The molecule has 6 nitrogen and oxygen atoms in total. The van der Waals surface area contributed by atoms with E-state index in [0.717, 1.165) is 10.5 Å². The third-order valence-corrected chi connectivity index (χ3v) is 4.82. The second kappa shape index (κ2) is 8.02. The van der Waals surface area contributed by atoms with Crippen LogP contribution < -0.4 is 14.8 Å². The van der Waals surface area contributed by atoms with Gasteiger partial charge < -0.3 is 14.8 Å². The first-order valence-electron chi connectivity index (χ1n) is 7.93. The Morgan fingerprint density at radius 2 is 1.85 bits per heavy atom. The van der Waals surface area contributed by atoms with E-state index >= 15 is 0 Å². The molecule has 2 aromatic carbocycles. The Bertz CT molecular complexity index is 928. The van der Waals surface area contributed by atoms with Crippen molar-refractivity contribution >= 4 is 45.5 Å². The highest BCUT2D eigenvalue weighted by molar-refractivity contribution is 9.10. The monoisotopic (exact) mass is 450 g/mol. The molecule has 8 heteroatoms. The van der Waals surface area contributed by atoms with Crippen LogP contribution in [0.1, 0.15) is 11.1 Å². The van der Waals surface area contributed by atoms with Crippen LogP contribution in [-0.2, 0) is 11.3 Å². The number of hydrogen-bond acceptors (Lipinski definition) is 4. The van der Waals surface area contributed by atoms with Crippen molar-refractivity contribution in [2.45, 2.75) is 6.54 Å². The fourth-order valence-electron chi connectivity index (χ4n) is 2.68. The minimum absolute atomic E-state index is 0.162. The Morgan fingerprint density at radius 1 is 1.15 bits per heavy atom. The van der Waals surface area contributed by atoms with Crippen molar-refractivity contribution in [3.05, 3.63) is 62.7 Å². The lowest BCUT2D eigenvalue weighted by Gasteiger charge is -2.12. The number of imide groups is 1. The number of halogens is 2. The van der Waals surface area contributed by atoms with Crippen LogP contribution in [0.15, 0.2) is 46.6 Å². The Balaban J connectivity index is 1.86. The molecule has 1 aliphatic heterocycles. The Labute approximate surface area is 169 Å². The van der Waals surface area contributed by atoms with Gasteiger partial charge >= 0.3 is 6.03 Å². The fraction of sp³-hybridized carbons (Fsp3) is 0.158. The molecule has 0 bridgehead atoms. The highest BCUT2D eigenvalue weighted by atomic mass is 79.9. The first-order valence-corrected chi connectivity index (χ1v) is 9.10. The lowest BCUT2D eigenvalue weighted by molar-refractivity contribution is -0.123. The van der Waals surface area contributed by atoms with Gasteiger partial charge in [-0.3, -0.25) is 9.69 Å².